The topological polar surface area (TPSA) is 52.6 Å². The van der Waals surface area contributed by atoms with E-state index in [1.807, 2.05) is 0 Å². The van der Waals surface area contributed by atoms with Crippen molar-refractivity contribution >= 4 is 11.9 Å². The molecule has 0 rings (SSSR count). The highest BCUT2D eigenvalue weighted by Gasteiger charge is 2.45. The Kier molecular flexibility index (Phi) is 6.94. The van der Waals surface area contributed by atoms with E-state index in [0.29, 0.717) is 6.42 Å². The first-order chi connectivity index (χ1) is 8.08. The Morgan fingerprint density at radius 2 is 1.59 bits per heavy atom. The fourth-order valence-corrected chi connectivity index (χ4v) is 1.41. The molecule has 4 heteroatoms. The van der Waals surface area contributed by atoms with Crippen LogP contribution in [0, 0.1) is 5.41 Å². The van der Waals surface area contributed by atoms with Gasteiger partial charge in [-0.05, 0) is 26.7 Å². The summed E-state index contributed by atoms with van der Waals surface area (Å²) in [6.07, 6.45) is 3.70. The average Bonchev–Trinajstić information content (AvgIpc) is 2.31. The Labute approximate surface area is 102 Å². The van der Waals surface area contributed by atoms with Crippen molar-refractivity contribution in [3.63, 3.8) is 0 Å². The summed E-state index contributed by atoms with van der Waals surface area (Å²) in [5, 5.41) is 0. The van der Waals surface area contributed by atoms with Crippen LogP contribution in [0.5, 0.6) is 0 Å². The van der Waals surface area contributed by atoms with E-state index >= 15 is 0 Å². The lowest BCUT2D eigenvalue weighted by Crippen LogP contribution is -2.40. The van der Waals surface area contributed by atoms with E-state index in [1.165, 1.54) is 6.08 Å². The average molecular weight is 240 g/mol. The van der Waals surface area contributed by atoms with E-state index in [0.717, 1.165) is 0 Å². The van der Waals surface area contributed by atoms with Crippen molar-refractivity contribution in [3.8, 4) is 0 Å². The molecule has 0 atom stereocenters. The van der Waals surface area contributed by atoms with Crippen molar-refractivity contribution in [1.82, 2.24) is 0 Å². The van der Waals surface area contributed by atoms with Gasteiger partial charge in [0.05, 0.1) is 13.2 Å². The minimum Gasteiger partial charge on any atom is -0.465 e. The predicted octanol–water partition coefficient (Wildman–Crippen LogP) is 2.25. The van der Waals surface area contributed by atoms with Gasteiger partial charge in [-0.1, -0.05) is 12.2 Å². The van der Waals surface area contributed by atoms with E-state index in [9.17, 15) is 9.59 Å². The molecule has 0 saturated carbocycles. The minimum atomic E-state index is -1.42. The van der Waals surface area contributed by atoms with Crippen LogP contribution in [0.4, 0.5) is 0 Å². The van der Waals surface area contributed by atoms with Gasteiger partial charge in [-0.25, -0.2) is 0 Å². The summed E-state index contributed by atoms with van der Waals surface area (Å²) in [7, 11) is 0. The number of ether oxygens (including phenoxy) is 2. The van der Waals surface area contributed by atoms with E-state index in [4.69, 9.17) is 9.47 Å². The van der Waals surface area contributed by atoms with Gasteiger partial charge in [-0.2, -0.15) is 0 Å². The molecule has 0 aliphatic rings. The van der Waals surface area contributed by atoms with Crippen LogP contribution in [0.15, 0.2) is 25.3 Å². The predicted molar refractivity (Wildman–Crippen MR) is 65.3 cm³/mol. The van der Waals surface area contributed by atoms with Crippen LogP contribution < -0.4 is 0 Å². The summed E-state index contributed by atoms with van der Waals surface area (Å²) in [5.74, 6) is -1.23. The molecule has 0 aromatic heterocycles. The normalized spacial score (nSPS) is 10.5. The lowest BCUT2D eigenvalue weighted by molar-refractivity contribution is -0.168. The zero-order valence-corrected chi connectivity index (χ0v) is 10.5. The summed E-state index contributed by atoms with van der Waals surface area (Å²) in [6, 6.07) is 0. The van der Waals surface area contributed by atoms with Crippen molar-refractivity contribution in [2.24, 2.45) is 5.41 Å². The number of rotatable bonds is 8. The monoisotopic (exact) mass is 240 g/mol. The second-order valence-electron chi connectivity index (χ2n) is 3.44. The van der Waals surface area contributed by atoms with Gasteiger partial charge in [0.25, 0.3) is 0 Å². The third-order valence-corrected chi connectivity index (χ3v) is 2.37. The Hall–Kier alpha value is -1.58. The molecule has 0 amide bonds. The molecule has 17 heavy (non-hydrogen) atoms. The Morgan fingerprint density at radius 1 is 1.12 bits per heavy atom. The largest absolute Gasteiger partial charge is 0.465 e. The van der Waals surface area contributed by atoms with E-state index in [1.54, 1.807) is 19.9 Å². The van der Waals surface area contributed by atoms with Gasteiger partial charge in [0.2, 0.25) is 0 Å². The third-order valence-electron chi connectivity index (χ3n) is 2.37. The highest BCUT2D eigenvalue weighted by atomic mass is 16.6. The summed E-state index contributed by atoms with van der Waals surface area (Å²) < 4.78 is 9.83. The fraction of sp³-hybridized carbons (Fsp3) is 0.538. The second kappa shape index (κ2) is 7.65. The molecular formula is C13H20O4. The molecule has 0 spiro atoms. The molecule has 0 saturated heterocycles. The highest BCUT2D eigenvalue weighted by molar-refractivity contribution is 6.02. The number of allylic oxidation sites excluding steroid dienone is 1. The lowest BCUT2D eigenvalue weighted by atomic mass is 9.83. The Bertz CT molecular complexity index is 276. The van der Waals surface area contributed by atoms with Crippen LogP contribution in [0.25, 0.3) is 0 Å². The van der Waals surface area contributed by atoms with Crippen molar-refractivity contribution < 1.29 is 19.1 Å². The van der Waals surface area contributed by atoms with Gasteiger partial charge in [0.1, 0.15) is 0 Å². The fourth-order valence-electron chi connectivity index (χ4n) is 1.41. The summed E-state index contributed by atoms with van der Waals surface area (Å²) in [6.45, 7) is 10.9. The third kappa shape index (κ3) is 3.73. The van der Waals surface area contributed by atoms with Gasteiger partial charge < -0.3 is 9.47 Å². The van der Waals surface area contributed by atoms with E-state index in [-0.39, 0.29) is 19.6 Å². The molecule has 0 fully saturated rings. The molecule has 96 valence electrons. The smallest absolute Gasteiger partial charge is 0.327 e. The van der Waals surface area contributed by atoms with Crippen molar-refractivity contribution in [1.29, 1.82) is 0 Å². The second-order valence-corrected chi connectivity index (χ2v) is 3.44. The van der Waals surface area contributed by atoms with Crippen LogP contribution >= 0.6 is 0 Å². The number of hydrogen-bond donors (Lipinski definition) is 0. The number of hydrogen-bond acceptors (Lipinski definition) is 4. The zero-order valence-electron chi connectivity index (χ0n) is 10.5. The van der Waals surface area contributed by atoms with Crippen LogP contribution in [0.1, 0.15) is 26.7 Å². The molecule has 0 aromatic carbocycles. The molecule has 0 radical (unpaired) electrons. The molecule has 0 unspecified atom stereocenters. The molecular weight excluding hydrogens is 220 g/mol. The van der Waals surface area contributed by atoms with E-state index in [2.05, 4.69) is 13.2 Å². The maximum absolute atomic E-state index is 11.9. The maximum atomic E-state index is 11.9. The first-order valence-corrected chi connectivity index (χ1v) is 5.68. The van der Waals surface area contributed by atoms with Gasteiger partial charge >= 0.3 is 11.9 Å². The number of carbonyl (C=O) groups is 2. The Balaban J connectivity index is 5.11. The van der Waals surface area contributed by atoms with Gasteiger partial charge in [0.15, 0.2) is 5.41 Å². The van der Waals surface area contributed by atoms with Crippen molar-refractivity contribution in [2.75, 3.05) is 13.2 Å². The van der Waals surface area contributed by atoms with Crippen LogP contribution in [0.3, 0.4) is 0 Å². The maximum Gasteiger partial charge on any atom is 0.327 e. The molecule has 0 aliphatic heterocycles. The summed E-state index contributed by atoms with van der Waals surface area (Å²) >= 11 is 0. The van der Waals surface area contributed by atoms with Gasteiger partial charge in [-0.15, -0.1) is 13.2 Å². The highest BCUT2D eigenvalue weighted by Crippen LogP contribution is 2.29. The molecule has 4 nitrogen and oxygen atoms in total. The summed E-state index contributed by atoms with van der Waals surface area (Å²) in [4.78, 5) is 23.8. The molecule has 0 bridgehead atoms. The molecule has 0 aliphatic carbocycles. The van der Waals surface area contributed by atoms with Crippen LogP contribution in [0.2, 0.25) is 0 Å². The zero-order chi connectivity index (χ0) is 13.3. The van der Waals surface area contributed by atoms with Crippen LogP contribution in [-0.4, -0.2) is 25.2 Å². The van der Waals surface area contributed by atoms with Gasteiger partial charge in [-0.3, -0.25) is 9.59 Å². The summed E-state index contributed by atoms with van der Waals surface area (Å²) in [5.41, 5.74) is -1.42. The number of carbonyl (C=O) groups excluding carboxylic acids is 2. The van der Waals surface area contributed by atoms with E-state index < -0.39 is 17.4 Å². The minimum absolute atomic E-state index is 0.210. The first-order valence-electron chi connectivity index (χ1n) is 5.68. The standard InChI is InChI=1S/C13H20O4/c1-5-9-10-13(6-2,11(14)16-7-3)12(15)17-8-4/h5-6H,1-2,7-10H2,3-4H3. The number of esters is 2. The molecule has 0 aromatic rings. The molecule has 0 heterocycles. The Morgan fingerprint density at radius 3 is 1.88 bits per heavy atom. The van der Waals surface area contributed by atoms with Crippen molar-refractivity contribution in [3.05, 3.63) is 25.3 Å². The van der Waals surface area contributed by atoms with Crippen molar-refractivity contribution in [2.45, 2.75) is 26.7 Å². The first kappa shape index (κ1) is 15.4. The SMILES string of the molecule is C=CCCC(C=C)(C(=O)OCC)C(=O)OCC. The quantitative estimate of drug-likeness (QED) is 0.371. The van der Waals surface area contributed by atoms with Crippen LogP contribution in [-0.2, 0) is 19.1 Å². The van der Waals surface area contributed by atoms with Gasteiger partial charge in [0, 0.05) is 0 Å². The lowest BCUT2D eigenvalue weighted by Gasteiger charge is -2.25. The molecule has 0 N–H and O–H groups in total.